The summed E-state index contributed by atoms with van der Waals surface area (Å²) in [5.74, 6) is 0.836. The molecule has 1 unspecified atom stereocenters. The second-order valence-electron chi connectivity index (χ2n) is 6.07. The summed E-state index contributed by atoms with van der Waals surface area (Å²) < 4.78 is 9.85. The Hall–Kier alpha value is -1.54. The first-order valence-corrected chi connectivity index (χ1v) is 9.05. The molecule has 1 atom stereocenters. The number of β-amino-alcohol motifs (C(OH)–C–C–N with tert-alkyl or cyclic N) is 1. The van der Waals surface area contributed by atoms with Gasteiger partial charge in [-0.25, -0.2) is 4.98 Å². The molecule has 0 spiro atoms. The van der Waals surface area contributed by atoms with Crippen molar-refractivity contribution in [3.05, 3.63) is 41.7 Å². The lowest BCUT2D eigenvalue weighted by Crippen LogP contribution is -2.49. The Kier molecular flexibility index (Phi) is 6.14. The first kappa shape index (κ1) is 17.3. The Balaban J connectivity index is 1.35. The number of piperazine rings is 1. The smallest absolute Gasteiger partial charge is 0.205 e. The zero-order valence-corrected chi connectivity index (χ0v) is 14.8. The molecule has 0 aliphatic carbocycles. The van der Waals surface area contributed by atoms with E-state index in [1.807, 2.05) is 37.3 Å². The zero-order valence-electron chi connectivity index (χ0n) is 14.0. The van der Waals surface area contributed by atoms with Gasteiger partial charge in [0, 0.05) is 44.3 Å². The summed E-state index contributed by atoms with van der Waals surface area (Å²) in [6, 6.07) is 10.0. The molecular weight excluding hydrogens is 324 g/mol. The van der Waals surface area contributed by atoms with Gasteiger partial charge in [-0.2, -0.15) is 4.37 Å². The van der Waals surface area contributed by atoms with E-state index in [9.17, 15) is 5.11 Å². The summed E-state index contributed by atoms with van der Waals surface area (Å²) in [4.78, 5) is 8.98. The van der Waals surface area contributed by atoms with Gasteiger partial charge in [0.15, 0.2) is 0 Å². The monoisotopic (exact) mass is 348 g/mol. The fraction of sp³-hybridized carbons (Fsp3) is 0.529. The zero-order chi connectivity index (χ0) is 16.8. The van der Waals surface area contributed by atoms with Crippen LogP contribution in [0.2, 0.25) is 0 Å². The maximum atomic E-state index is 10.2. The van der Waals surface area contributed by atoms with E-state index in [4.69, 9.17) is 4.74 Å². The van der Waals surface area contributed by atoms with Gasteiger partial charge in [-0.3, -0.25) is 4.90 Å². The molecule has 2 aromatic rings. The van der Waals surface area contributed by atoms with Crippen molar-refractivity contribution >= 4 is 16.7 Å². The van der Waals surface area contributed by atoms with Crippen LogP contribution in [0.1, 0.15) is 11.4 Å². The van der Waals surface area contributed by atoms with Crippen molar-refractivity contribution in [3.63, 3.8) is 0 Å². The van der Waals surface area contributed by atoms with Crippen LogP contribution >= 0.6 is 11.5 Å². The molecule has 24 heavy (non-hydrogen) atoms. The number of aliphatic hydroxyl groups is 1. The van der Waals surface area contributed by atoms with Gasteiger partial charge >= 0.3 is 0 Å². The van der Waals surface area contributed by atoms with Gasteiger partial charge in [-0.1, -0.05) is 30.3 Å². The number of ether oxygens (including phenoxy) is 1. The fourth-order valence-corrected chi connectivity index (χ4v) is 3.50. The summed E-state index contributed by atoms with van der Waals surface area (Å²) in [5, 5.41) is 11.2. The van der Waals surface area contributed by atoms with E-state index >= 15 is 0 Å². The third-order valence-electron chi connectivity index (χ3n) is 4.05. The summed E-state index contributed by atoms with van der Waals surface area (Å²) in [7, 11) is 0. The number of aliphatic hydroxyl groups excluding tert-OH is 1. The highest BCUT2D eigenvalue weighted by molar-refractivity contribution is 7.09. The van der Waals surface area contributed by atoms with E-state index in [2.05, 4.69) is 19.2 Å². The molecule has 3 rings (SSSR count). The van der Waals surface area contributed by atoms with E-state index < -0.39 is 6.10 Å². The van der Waals surface area contributed by atoms with Crippen molar-refractivity contribution in [2.24, 2.45) is 0 Å². The molecule has 1 aromatic carbocycles. The molecule has 1 aliphatic heterocycles. The van der Waals surface area contributed by atoms with Gasteiger partial charge < -0.3 is 14.7 Å². The van der Waals surface area contributed by atoms with Crippen molar-refractivity contribution in [2.45, 2.75) is 19.6 Å². The van der Waals surface area contributed by atoms with Crippen LogP contribution in [0.15, 0.2) is 30.3 Å². The molecule has 1 aromatic heterocycles. The van der Waals surface area contributed by atoms with Crippen molar-refractivity contribution in [2.75, 3.05) is 44.2 Å². The Morgan fingerprint density at radius 2 is 1.96 bits per heavy atom. The van der Waals surface area contributed by atoms with Crippen LogP contribution in [0.4, 0.5) is 5.13 Å². The average Bonchev–Trinajstić information content (AvgIpc) is 3.03. The van der Waals surface area contributed by atoms with Crippen LogP contribution in [0.3, 0.4) is 0 Å². The highest BCUT2D eigenvalue weighted by atomic mass is 32.1. The fourth-order valence-electron chi connectivity index (χ4n) is 2.77. The molecule has 0 saturated carbocycles. The molecule has 7 heteroatoms. The first-order valence-electron chi connectivity index (χ1n) is 8.28. The lowest BCUT2D eigenvalue weighted by Gasteiger charge is -2.35. The number of hydrogen-bond acceptors (Lipinski definition) is 7. The minimum absolute atomic E-state index is 0.366. The van der Waals surface area contributed by atoms with Gasteiger partial charge in [0.1, 0.15) is 5.82 Å². The normalized spacial score (nSPS) is 17.2. The van der Waals surface area contributed by atoms with Crippen molar-refractivity contribution in [1.29, 1.82) is 0 Å². The summed E-state index contributed by atoms with van der Waals surface area (Å²) >= 11 is 1.46. The van der Waals surface area contributed by atoms with Gasteiger partial charge in [0.2, 0.25) is 5.13 Å². The van der Waals surface area contributed by atoms with E-state index in [0.29, 0.717) is 19.8 Å². The largest absolute Gasteiger partial charge is 0.389 e. The predicted octanol–water partition coefficient (Wildman–Crippen LogP) is 1.55. The first-order chi connectivity index (χ1) is 11.7. The van der Waals surface area contributed by atoms with E-state index in [0.717, 1.165) is 42.7 Å². The second kappa shape index (κ2) is 8.53. The highest BCUT2D eigenvalue weighted by Gasteiger charge is 2.21. The lowest BCUT2D eigenvalue weighted by molar-refractivity contribution is 0.00914. The molecule has 0 radical (unpaired) electrons. The minimum Gasteiger partial charge on any atom is -0.389 e. The number of aryl methyl sites for hydroxylation is 1. The number of rotatable bonds is 7. The molecule has 6 nitrogen and oxygen atoms in total. The Bertz CT molecular complexity index is 614. The lowest BCUT2D eigenvalue weighted by atomic mass is 10.2. The van der Waals surface area contributed by atoms with Gasteiger partial charge in [0.25, 0.3) is 0 Å². The Labute approximate surface area is 146 Å². The maximum absolute atomic E-state index is 10.2. The third-order valence-corrected chi connectivity index (χ3v) is 4.92. The quantitative estimate of drug-likeness (QED) is 0.819. The Morgan fingerprint density at radius 3 is 2.62 bits per heavy atom. The molecule has 130 valence electrons. The number of aromatic nitrogens is 2. The number of benzene rings is 1. The topological polar surface area (TPSA) is 61.7 Å². The highest BCUT2D eigenvalue weighted by Crippen LogP contribution is 2.18. The van der Waals surface area contributed by atoms with E-state index in [-0.39, 0.29) is 0 Å². The van der Waals surface area contributed by atoms with Crippen LogP contribution in [0, 0.1) is 6.92 Å². The number of hydrogen-bond donors (Lipinski definition) is 1. The molecule has 1 N–H and O–H groups in total. The van der Waals surface area contributed by atoms with Gasteiger partial charge in [-0.15, -0.1) is 0 Å². The maximum Gasteiger partial charge on any atom is 0.205 e. The number of nitrogens with zero attached hydrogens (tertiary/aromatic N) is 4. The van der Waals surface area contributed by atoms with Gasteiger partial charge in [-0.05, 0) is 12.5 Å². The summed E-state index contributed by atoms with van der Waals surface area (Å²) in [6.45, 7) is 7.17. The van der Waals surface area contributed by atoms with Crippen LogP contribution in [0.5, 0.6) is 0 Å². The Morgan fingerprint density at radius 1 is 1.21 bits per heavy atom. The van der Waals surface area contributed by atoms with Crippen molar-refractivity contribution in [1.82, 2.24) is 14.3 Å². The molecule has 1 saturated heterocycles. The molecule has 0 amide bonds. The van der Waals surface area contributed by atoms with E-state index in [1.165, 1.54) is 11.5 Å². The molecule has 1 fully saturated rings. The van der Waals surface area contributed by atoms with Crippen LogP contribution in [-0.2, 0) is 11.3 Å². The van der Waals surface area contributed by atoms with E-state index in [1.54, 1.807) is 0 Å². The standard InChI is InChI=1S/C17H24N4O2S/c1-14-18-17(24-19-14)21-9-7-20(8-10-21)11-16(22)13-23-12-15-5-3-2-4-6-15/h2-6,16,22H,7-13H2,1H3. The summed E-state index contributed by atoms with van der Waals surface area (Å²) in [5.41, 5.74) is 1.13. The molecular formula is C17H24N4O2S. The molecule has 1 aliphatic rings. The van der Waals surface area contributed by atoms with Crippen molar-refractivity contribution < 1.29 is 9.84 Å². The van der Waals surface area contributed by atoms with Gasteiger partial charge in [0.05, 0.1) is 19.3 Å². The van der Waals surface area contributed by atoms with Crippen molar-refractivity contribution in [3.8, 4) is 0 Å². The third kappa shape index (κ3) is 4.98. The minimum atomic E-state index is -0.455. The number of anilines is 1. The average molecular weight is 348 g/mol. The summed E-state index contributed by atoms with van der Waals surface area (Å²) in [6.07, 6.45) is -0.455. The predicted molar refractivity (Wildman–Crippen MR) is 95.4 cm³/mol. The molecule has 2 heterocycles. The SMILES string of the molecule is Cc1nsc(N2CCN(CC(O)COCc3ccccc3)CC2)n1. The second-order valence-corrected chi connectivity index (χ2v) is 6.80. The van der Waals surface area contributed by atoms with Crippen LogP contribution < -0.4 is 4.90 Å². The van der Waals surface area contributed by atoms with Crippen LogP contribution in [-0.4, -0.2) is 64.8 Å². The molecule has 0 bridgehead atoms. The van der Waals surface area contributed by atoms with Crippen LogP contribution in [0.25, 0.3) is 0 Å².